The van der Waals surface area contributed by atoms with E-state index in [1.165, 1.54) is 0 Å². The van der Waals surface area contributed by atoms with Crippen molar-refractivity contribution in [2.24, 2.45) is 0 Å². The summed E-state index contributed by atoms with van der Waals surface area (Å²) in [7, 11) is 0. The van der Waals surface area contributed by atoms with Crippen molar-refractivity contribution in [2.45, 2.75) is 26.8 Å². The summed E-state index contributed by atoms with van der Waals surface area (Å²) < 4.78 is 11.2. The van der Waals surface area contributed by atoms with Crippen molar-refractivity contribution in [3.05, 3.63) is 65.7 Å². The van der Waals surface area contributed by atoms with Crippen LogP contribution in [0.1, 0.15) is 37.9 Å². The monoisotopic (exact) mass is 339 g/mol. The Morgan fingerprint density at radius 3 is 2.40 bits per heavy atom. The zero-order valence-corrected chi connectivity index (χ0v) is 15.0. The van der Waals surface area contributed by atoms with Crippen LogP contribution in [0.2, 0.25) is 0 Å². The number of hydrogen-bond acceptors (Lipinski definition) is 3. The van der Waals surface area contributed by atoms with Gasteiger partial charge in [-0.1, -0.05) is 36.4 Å². The van der Waals surface area contributed by atoms with Crippen LogP contribution in [-0.2, 0) is 4.79 Å². The van der Waals surface area contributed by atoms with Gasteiger partial charge in [-0.05, 0) is 50.1 Å². The van der Waals surface area contributed by atoms with Gasteiger partial charge in [0, 0.05) is 6.08 Å². The van der Waals surface area contributed by atoms with E-state index in [4.69, 9.17) is 9.47 Å². The summed E-state index contributed by atoms with van der Waals surface area (Å²) in [5.41, 5.74) is 1.96. The minimum absolute atomic E-state index is 0.136. The summed E-state index contributed by atoms with van der Waals surface area (Å²) >= 11 is 0. The first-order valence-electron chi connectivity index (χ1n) is 8.57. The molecule has 4 heteroatoms. The van der Waals surface area contributed by atoms with Crippen molar-refractivity contribution in [1.29, 1.82) is 0 Å². The Kier molecular flexibility index (Phi) is 7.08. The molecule has 0 heterocycles. The molecule has 2 aromatic rings. The molecule has 2 rings (SSSR count). The highest BCUT2D eigenvalue weighted by molar-refractivity contribution is 5.91. The smallest absolute Gasteiger partial charge is 0.244 e. The molecule has 0 aliphatic rings. The normalized spacial score (nSPS) is 12.0. The molecule has 0 saturated heterocycles. The second kappa shape index (κ2) is 9.52. The predicted molar refractivity (Wildman–Crippen MR) is 101 cm³/mol. The van der Waals surface area contributed by atoms with Crippen LogP contribution in [0.15, 0.2) is 54.6 Å². The number of hydrogen-bond donors (Lipinski definition) is 1. The van der Waals surface area contributed by atoms with Crippen LogP contribution < -0.4 is 14.8 Å². The first-order valence-corrected chi connectivity index (χ1v) is 8.57. The Bertz CT molecular complexity index is 710. The number of ether oxygens (including phenoxy) is 2. The van der Waals surface area contributed by atoms with Gasteiger partial charge in [0.05, 0.1) is 19.3 Å². The summed E-state index contributed by atoms with van der Waals surface area (Å²) in [6.07, 6.45) is 3.34. The molecule has 4 nitrogen and oxygen atoms in total. The van der Waals surface area contributed by atoms with Gasteiger partial charge in [0.1, 0.15) is 0 Å². The van der Waals surface area contributed by atoms with Crippen LogP contribution in [0.3, 0.4) is 0 Å². The minimum Gasteiger partial charge on any atom is -0.490 e. The van der Waals surface area contributed by atoms with Crippen LogP contribution >= 0.6 is 0 Å². The van der Waals surface area contributed by atoms with Crippen molar-refractivity contribution in [3.63, 3.8) is 0 Å². The van der Waals surface area contributed by atoms with Crippen LogP contribution in [0.4, 0.5) is 0 Å². The highest BCUT2D eigenvalue weighted by Crippen LogP contribution is 2.30. The van der Waals surface area contributed by atoms with Gasteiger partial charge in [-0.3, -0.25) is 4.79 Å². The van der Waals surface area contributed by atoms with E-state index in [9.17, 15) is 4.79 Å². The van der Waals surface area contributed by atoms with Gasteiger partial charge in [0.15, 0.2) is 11.5 Å². The molecule has 0 unspecified atom stereocenters. The van der Waals surface area contributed by atoms with E-state index in [2.05, 4.69) is 5.32 Å². The summed E-state index contributed by atoms with van der Waals surface area (Å²) in [6, 6.07) is 15.3. The highest BCUT2D eigenvalue weighted by Gasteiger charge is 2.12. The minimum atomic E-state index is -0.136. The maximum atomic E-state index is 12.1. The first kappa shape index (κ1) is 18.6. The average molecular weight is 339 g/mol. The largest absolute Gasteiger partial charge is 0.490 e. The van der Waals surface area contributed by atoms with Gasteiger partial charge in [-0.25, -0.2) is 0 Å². The Morgan fingerprint density at radius 2 is 1.72 bits per heavy atom. The molecule has 2 aromatic carbocycles. The third-order valence-electron chi connectivity index (χ3n) is 3.65. The fourth-order valence-corrected chi connectivity index (χ4v) is 2.42. The molecule has 0 aromatic heterocycles. The molecule has 1 amide bonds. The number of carbonyl (C=O) groups excluding carboxylic acids is 1. The Morgan fingerprint density at radius 1 is 1.04 bits per heavy atom. The van der Waals surface area contributed by atoms with Gasteiger partial charge in [-0.15, -0.1) is 0 Å². The molecule has 1 N–H and O–H groups in total. The summed E-state index contributed by atoms with van der Waals surface area (Å²) in [5, 5.41) is 2.97. The van der Waals surface area contributed by atoms with E-state index in [1.54, 1.807) is 12.2 Å². The predicted octanol–water partition coefficient (Wildman–Crippen LogP) is 4.37. The van der Waals surface area contributed by atoms with Crippen molar-refractivity contribution in [3.8, 4) is 11.5 Å². The summed E-state index contributed by atoms with van der Waals surface area (Å²) in [4.78, 5) is 12.1. The number of carbonyl (C=O) groups is 1. The SMILES string of the molecule is CCOc1ccc([C@H](C)NC(=O)/C=C/c2ccccc2)cc1OCC. The Labute approximate surface area is 149 Å². The van der Waals surface area contributed by atoms with Gasteiger partial charge in [-0.2, -0.15) is 0 Å². The molecule has 0 aliphatic heterocycles. The molecule has 132 valence electrons. The number of amides is 1. The number of benzene rings is 2. The van der Waals surface area contributed by atoms with E-state index >= 15 is 0 Å². The van der Waals surface area contributed by atoms with E-state index in [-0.39, 0.29) is 11.9 Å². The van der Waals surface area contributed by atoms with Gasteiger partial charge in [0.2, 0.25) is 5.91 Å². The second-order valence-corrected chi connectivity index (χ2v) is 5.55. The van der Waals surface area contributed by atoms with Crippen LogP contribution in [0, 0.1) is 0 Å². The standard InChI is InChI=1S/C21H25NO3/c1-4-24-19-13-12-18(15-20(19)25-5-2)16(3)22-21(23)14-11-17-9-7-6-8-10-17/h6-16H,4-5H2,1-3H3,(H,22,23)/b14-11+/t16-/m0/s1. The lowest BCUT2D eigenvalue weighted by atomic mass is 10.1. The van der Waals surface area contributed by atoms with E-state index in [1.807, 2.05) is 69.3 Å². The van der Waals surface area contributed by atoms with E-state index in [0.717, 1.165) is 16.9 Å². The second-order valence-electron chi connectivity index (χ2n) is 5.55. The van der Waals surface area contributed by atoms with Gasteiger partial charge in [0.25, 0.3) is 0 Å². The Hall–Kier alpha value is -2.75. The summed E-state index contributed by atoms with van der Waals surface area (Å²) in [5.74, 6) is 1.28. The molecular formula is C21H25NO3. The molecule has 0 saturated carbocycles. The van der Waals surface area contributed by atoms with Crippen LogP contribution in [0.5, 0.6) is 11.5 Å². The van der Waals surface area contributed by atoms with Crippen molar-refractivity contribution >= 4 is 12.0 Å². The third kappa shape index (κ3) is 5.68. The molecule has 0 spiro atoms. The average Bonchev–Trinajstić information content (AvgIpc) is 2.62. The topological polar surface area (TPSA) is 47.6 Å². The molecule has 1 atom stereocenters. The lowest BCUT2D eigenvalue weighted by molar-refractivity contribution is -0.117. The van der Waals surface area contributed by atoms with Crippen LogP contribution in [-0.4, -0.2) is 19.1 Å². The maximum absolute atomic E-state index is 12.1. The van der Waals surface area contributed by atoms with E-state index in [0.29, 0.717) is 19.0 Å². The fourth-order valence-electron chi connectivity index (χ4n) is 2.42. The van der Waals surface area contributed by atoms with Crippen molar-refractivity contribution in [2.75, 3.05) is 13.2 Å². The lowest BCUT2D eigenvalue weighted by Gasteiger charge is -2.17. The molecular weight excluding hydrogens is 314 g/mol. The first-order chi connectivity index (χ1) is 12.1. The number of rotatable bonds is 8. The van der Waals surface area contributed by atoms with Gasteiger partial charge >= 0.3 is 0 Å². The zero-order chi connectivity index (χ0) is 18.1. The quantitative estimate of drug-likeness (QED) is 0.726. The Balaban J connectivity index is 2.04. The van der Waals surface area contributed by atoms with Crippen molar-refractivity contribution in [1.82, 2.24) is 5.32 Å². The maximum Gasteiger partial charge on any atom is 0.244 e. The van der Waals surface area contributed by atoms with Crippen LogP contribution in [0.25, 0.3) is 6.08 Å². The third-order valence-corrected chi connectivity index (χ3v) is 3.65. The molecule has 25 heavy (non-hydrogen) atoms. The van der Waals surface area contributed by atoms with Crippen molar-refractivity contribution < 1.29 is 14.3 Å². The van der Waals surface area contributed by atoms with E-state index < -0.39 is 0 Å². The molecule has 0 radical (unpaired) electrons. The molecule has 0 bridgehead atoms. The fraction of sp³-hybridized carbons (Fsp3) is 0.286. The molecule has 0 aliphatic carbocycles. The highest BCUT2D eigenvalue weighted by atomic mass is 16.5. The molecule has 0 fully saturated rings. The zero-order valence-electron chi connectivity index (χ0n) is 15.0. The summed E-state index contributed by atoms with van der Waals surface area (Å²) in [6.45, 7) is 6.95. The lowest BCUT2D eigenvalue weighted by Crippen LogP contribution is -2.24. The number of nitrogens with one attached hydrogen (secondary N) is 1. The van der Waals surface area contributed by atoms with Gasteiger partial charge < -0.3 is 14.8 Å².